The van der Waals surface area contributed by atoms with Crippen molar-refractivity contribution in [3.8, 4) is 5.75 Å². The van der Waals surface area contributed by atoms with Crippen LogP contribution in [0.1, 0.15) is 6.92 Å². The molecule has 0 aliphatic heterocycles. The molecule has 1 radical (unpaired) electrons. The van der Waals surface area contributed by atoms with Gasteiger partial charge in [-0.2, -0.15) is 0 Å². The van der Waals surface area contributed by atoms with Crippen LogP contribution in [0.15, 0.2) is 30.3 Å². The molecule has 0 aromatic heterocycles. The molecule has 63 valence electrons. The predicted octanol–water partition coefficient (Wildman–Crippen LogP) is 2.56. The predicted molar refractivity (Wildman–Crippen MR) is 46.6 cm³/mol. The molecule has 0 aliphatic carbocycles. The monoisotopic (exact) mass is 259 g/mol. The van der Waals surface area contributed by atoms with Gasteiger partial charge in [0.25, 0.3) is 0 Å². The Morgan fingerprint density at radius 2 is 1.92 bits per heavy atom. The molecule has 1 aromatic carbocycles. The third-order valence-electron chi connectivity index (χ3n) is 1.26. The van der Waals surface area contributed by atoms with Gasteiger partial charge in [0.05, 0.1) is 0 Å². The molecule has 2 nitrogen and oxygen atoms in total. The summed E-state index contributed by atoms with van der Waals surface area (Å²) in [6.07, 6.45) is 0.597. The molecule has 0 N–H and O–H groups in total. The maximum Gasteiger partial charge on any atom is 0.236 e. The van der Waals surface area contributed by atoms with Gasteiger partial charge in [0, 0.05) is 38.9 Å². The van der Waals surface area contributed by atoms with Gasteiger partial charge in [0.15, 0.2) is 0 Å². The summed E-state index contributed by atoms with van der Waals surface area (Å²) in [5, 5.41) is 0. The number of hydrogen-bond acceptors (Lipinski definition) is 2. The average Bonchev–Trinajstić information content (AvgIpc) is 2.06. The molecular formula is C8H11O2PY. The fraction of sp³-hybridized carbons (Fsp3) is 0.250. The zero-order valence-electron chi connectivity index (χ0n) is 6.99. The summed E-state index contributed by atoms with van der Waals surface area (Å²) >= 11 is 0. The maximum absolute atomic E-state index is 10.9. The van der Waals surface area contributed by atoms with Crippen molar-refractivity contribution in [2.75, 3.05) is 6.16 Å². The Morgan fingerprint density at radius 3 is 2.42 bits per heavy atom. The fourth-order valence-corrected chi connectivity index (χ4v) is 1.24. The van der Waals surface area contributed by atoms with Crippen molar-refractivity contribution in [2.24, 2.45) is 0 Å². The van der Waals surface area contributed by atoms with E-state index in [4.69, 9.17) is 4.52 Å². The first-order valence-electron chi connectivity index (χ1n) is 3.58. The first kappa shape index (κ1) is 12.4. The molecule has 1 aromatic rings. The van der Waals surface area contributed by atoms with Gasteiger partial charge in [0.2, 0.25) is 8.03 Å². The van der Waals surface area contributed by atoms with E-state index < -0.39 is 8.03 Å². The van der Waals surface area contributed by atoms with Crippen molar-refractivity contribution >= 4 is 8.03 Å². The van der Waals surface area contributed by atoms with E-state index >= 15 is 0 Å². The molecule has 1 unspecified atom stereocenters. The summed E-state index contributed by atoms with van der Waals surface area (Å²) in [7, 11) is -1.83. The Kier molecular flexibility index (Phi) is 7.03. The molecule has 0 fully saturated rings. The van der Waals surface area contributed by atoms with Gasteiger partial charge in [-0.25, -0.2) is 0 Å². The molecule has 0 heterocycles. The number of rotatable bonds is 3. The van der Waals surface area contributed by atoms with Crippen LogP contribution in [0, 0.1) is 0 Å². The molecule has 0 aliphatic rings. The molecule has 0 saturated carbocycles. The Balaban J connectivity index is 0.00000121. The van der Waals surface area contributed by atoms with Crippen LogP contribution in [-0.4, -0.2) is 6.16 Å². The van der Waals surface area contributed by atoms with Gasteiger partial charge in [0.1, 0.15) is 5.75 Å². The van der Waals surface area contributed by atoms with Crippen LogP contribution >= 0.6 is 8.03 Å². The van der Waals surface area contributed by atoms with E-state index in [1.807, 2.05) is 25.1 Å². The molecule has 0 bridgehead atoms. The molecule has 1 rings (SSSR count). The van der Waals surface area contributed by atoms with E-state index in [0.717, 1.165) is 0 Å². The van der Waals surface area contributed by atoms with Crippen LogP contribution in [0.2, 0.25) is 0 Å². The molecule has 12 heavy (non-hydrogen) atoms. The van der Waals surface area contributed by atoms with Crippen molar-refractivity contribution in [3.63, 3.8) is 0 Å². The Bertz CT molecular complexity index is 238. The zero-order valence-corrected chi connectivity index (χ0v) is 10.8. The summed E-state index contributed by atoms with van der Waals surface area (Å²) < 4.78 is 16.1. The van der Waals surface area contributed by atoms with Gasteiger partial charge in [-0.3, -0.25) is 4.57 Å². The number of hydrogen-bond donors (Lipinski definition) is 0. The third kappa shape index (κ3) is 4.40. The van der Waals surface area contributed by atoms with E-state index in [9.17, 15) is 4.57 Å². The van der Waals surface area contributed by atoms with Gasteiger partial charge in [-0.05, 0) is 12.1 Å². The van der Waals surface area contributed by atoms with E-state index in [1.54, 1.807) is 12.1 Å². The summed E-state index contributed by atoms with van der Waals surface area (Å²) in [4.78, 5) is 0. The summed E-state index contributed by atoms with van der Waals surface area (Å²) in [5.41, 5.74) is 0. The fourth-order valence-electron chi connectivity index (χ4n) is 0.692. The van der Waals surface area contributed by atoms with Crippen molar-refractivity contribution in [1.29, 1.82) is 0 Å². The van der Waals surface area contributed by atoms with Crippen LogP contribution in [0.4, 0.5) is 0 Å². The van der Waals surface area contributed by atoms with Crippen LogP contribution < -0.4 is 4.52 Å². The largest absolute Gasteiger partial charge is 0.445 e. The van der Waals surface area contributed by atoms with Crippen LogP contribution in [0.3, 0.4) is 0 Å². The van der Waals surface area contributed by atoms with Crippen LogP contribution in [0.25, 0.3) is 0 Å². The van der Waals surface area contributed by atoms with E-state index in [1.165, 1.54) is 0 Å². The molecule has 0 saturated heterocycles. The second-order valence-electron chi connectivity index (χ2n) is 2.14. The molecule has 1 atom stereocenters. The Hall–Kier alpha value is 0.354. The summed E-state index contributed by atoms with van der Waals surface area (Å²) in [5.74, 6) is 0.693. The second kappa shape index (κ2) is 6.83. The maximum atomic E-state index is 10.9. The number of para-hydroxylation sites is 1. The molecule has 0 spiro atoms. The van der Waals surface area contributed by atoms with Gasteiger partial charge >= 0.3 is 0 Å². The average molecular weight is 259 g/mol. The van der Waals surface area contributed by atoms with E-state index in [2.05, 4.69) is 0 Å². The Morgan fingerprint density at radius 1 is 1.33 bits per heavy atom. The third-order valence-corrected chi connectivity index (χ3v) is 2.30. The SMILES string of the molecule is CC[PH](=O)Oc1ccccc1.[Y]. The van der Waals surface area contributed by atoms with Crippen molar-refractivity contribution in [2.45, 2.75) is 6.92 Å². The number of benzene rings is 1. The molecule has 0 amide bonds. The van der Waals surface area contributed by atoms with E-state index in [-0.39, 0.29) is 32.7 Å². The topological polar surface area (TPSA) is 26.3 Å². The Labute approximate surface area is 98.4 Å². The van der Waals surface area contributed by atoms with Crippen molar-refractivity contribution in [3.05, 3.63) is 30.3 Å². The first-order valence-corrected chi connectivity index (χ1v) is 5.11. The first-order chi connectivity index (χ1) is 5.33. The molecule has 4 heteroatoms. The van der Waals surface area contributed by atoms with Crippen LogP contribution in [-0.2, 0) is 37.3 Å². The zero-order chi connectivity index (χ0) is 8.10. The van der Waals surface area contributed by atoms with Crippen molar-refractivity contribution < 1.29 is 41.8 Å². The minimum atomic E-state index is -1.83. The molecular weight excluding hydrogens is 248 g/mol. The van der Waals surface area contributed by atoms with Crippen LogP contribution in [0.5, 0.6) is 5.75 Å². The van der Waals surface area contributed by atoms with Gasteiger partial charge in [-0.15, -0.1) is 0 Å². The quantitative estimate of drug-likeness (QED) is 0.780. The second-order valence-corrected chi connectivity index (χ2v) is 3.80. The van der Waals surface area contributed by atoms with Crippen molar-refractivity contribution in [1.82, 2.24) is 0 Å². The summed E-state index contributed by atoms with van der Waals surface area (Å²) in [6.45, 7) is 1.85. The minimum absolute atomic E-state index is 0. The van der Waals surface area contributed by atoms with Gasteiger partial charge in [-0.1, -0.05) is 25.1 Å². The normalized spacial score (nSPS) is 11.4. The standard InChI is InChI=1S/C8H11O2P.Y/c1-2-11(9)10-8-6-4-3-5-7-8;/h3-7,11H,2H2,1H3;. The summed E-state index contributed by atoms with van der Waals surface area (Å²) in [6, 6.07) is 9.23. The smallest absolute Gasteiger partial charge is 0.236 e. The van der Waals surface area contributed by atoms with Gasteiger partial charge < -0.3 is 4.52 Å². The van der Waals surface area contributed by atoms with E-state index in [0.29, 0.717) is 11.9 Å². The minimum Gasteiger partial charge on any atom is -0.445 e.